The molecule has 0 unspecified atom stereocenters. The van der Waals surface area contributed by atoms with E-state index in [-0.39, 0.29) is 5.82 Å². The summed E-state index contributed by atoms with van der Waals surface area (Å²) in [6, 6.07) is 9.37. The number of halogens is 1. The summed E-state index contributed by atoms with van der Waals surface area (Å²) in [7, 11) is 0. The second-order valence-electron chi connectivity index (χ2n) is 7.63. The van der Waals surface area contributed by atoms with Crippen molar-refractivity contribution in [3.05, 3.63) is 48.0 Å². The molecule has 0 amide bonds. The normalized spacial score (nSPS) is 19.2. The van der Waals surface area contributed by atoms with Gasteiger partial charge in [0.1, 0.15) is 23.8 Å². The van der Waals surface area contributed by atoms with Crippen LogP contribution in [0.1, 0.15) is 37.7 Å². The molecule has 0 bridgehead atoms. The Morgan fingerprint density at radius 2 is 1.70 bits per heavy atom. The van der Waals surface area contributed by atoms with Crippen molar-refractivity contribution in [1.29, 1.82) is 0 Å². The van der Waals surface area contributed by atoms with E-state index in [1.807, 2.05) is 12.1 Å². The first-order chi connectivity index (χ1) is 13.3. The van der Waals surface area contributed by atoms with E-state index in [1.165, 1.54) is 24.8 Å². The van der Waals surface area contributed by atoms with Gasteiger partial charge in [-0.3, -0.25) is 4.90 Å². The Kier molecular flexibility index (Phi) is 5.82. The minimum Gasteiger partial charge on any atom is -0.367 e. The van der Waals surface area contributed by atoms with Crippen LogP contribution >= 0.6 is 0 Å². The van der Waals surface area contributed by atoms with Crippen LogP contribution < -0.4 is 10.2 Å². The molecule has 0 radical (unpaired) electrons. The van der Waals surface area contributed by atoms with Gasteiger partial charge in [0.2, 0.25) is 0 Å². The smallest absolute Gasteiger partial charge is 0.134 e. The number of hydrogen-bond donors (Lipinski definition) is 1. The highest BCUT2D eigenvalue weighted by Gasteiger charge is 2.20. The van der Waals surface area contributed by atoms with Gasteiger partial charge < -0.3 is 10.2 Å². The van der Waals surface area contributed by atoms with Crippen molar-refractivity contribution in [3.63, 3.8) is 0 Å². The summed E-state index contributed by atoms with van der Waals surface area (Å²) in [5.41, 5.74) is 1.17. The Labute approximate surface area is 160 Å². The maximum absolute atomic E-state index is 13.0. The van der Waals surface area contributed by atoms with Crippen LogP contribution in [0.4, 0.5) is 16.0 Å². The summed E-state index contributed by atoms with van der Waals surface area (Å²) in [6.45, 7) is 5.16. The van der Waals surface area contributed by atoms with E-state index in [2.05, 4.69) is 31.2 Å². The number of nitrogens with zero attached hydrogens (tertiary/aromatic N) is 4. The lowest BCUT2D eigenvalue weighted by Gasteiger charge is -2.33. The number of benzene rings is 1. The topological polar surface area (TPSA) is 44.3 Å². The van der Waals surface area contributed by atoms with Crippen molar-refractivity contribution in [3.8, 4) is 0 Å². The van der Waals surface area contributed by atoms with Crippen LogP contribution in [0.15, 0.2) is 36.7 Å². The summed E-state index contributed by atoms with van der Waals surface area (Å²) in [4.78, 5) is 13.7. The third-order valence-electron chi connectivity index (χ3n) is 5.59. The Balaban J connectivity index is 1.28. The van der Waals surface area contributed by atoms with Crippen molar-refractivity contribution in [2.45, 2.75) is 44.7 Å². The molecule has 3 heterocycles. The highest BCUT2D eigenvalue weighted by atomic mass is 19.1. The number of aromatic nitrogens is 2. The summed E-state index contributed by atoms with van der Waals surface area (Å²) in [5, 5.41) is 3.60. The molecule has 0 spiro atoms. The Hall–Kier alpha value is -2.21. The first-order valence-corrected chi connectivity index (χ1v) is 10.1. The van der Waals surface area contributed by atoms with Crippen LogP contribution in [0.2, 0.25) is 0 Å². The molecule has 4 rings (SSSR count). The quantitative estimate of drug-likeness (QED) is 0.871. The van der Waals surface area contributed by atoms with Crippen LogP contribution in [0, 0.1) is 5.82 Å². The van der Waals surface area contributed by atoms with Crippen molar-refractivity contribution >= 4 is 11.6 Å². The average molecular weight is 369 g/mol. The van der Waals surface area contributed by atoms with Crippen molar-refractivity contribution in [2.75, 3.05) is 36.4 Å². The Morgan fingerprint density at radius 3 is 2.44 bits per heavy atom. The molecule has 0 saturated carbocycles. The van der Waals surface area contributed by atoms with Crippen molar-refractivity contribution < 1.29 is 4.39 Å². The van der Waals surface area contributed by atoms with Crippen molar-refractivity contribution in [1.82, 2.24) is 14.9 Å². The number of anilines is 2. The zero-order chi connectivity index (χ0) is 18.5. The third-order valence-corrected chi connectivity index (χ3v) is 5.59. The van der Waals surface area contributed by atoms with E-state index in [0.29, 0.717) is 6.04 Å². The van der Waals surface area contributed by atoms with Crippen LogP contribution in [0.3, 0.4) is 0 Å². The van der Waals surface area contributed by atoms with Crippen LogP contribution in [0.25, 0.3) is 0 Å². The number of nitrogens with one attached hydrogen (secondary N) is 1. The summed E-state index contributed by atoms with van der Waals surface area (Å²) in [5.74, 6) is 1.80. The SMILES string of the molecule is Fc1ccc(CN2CCC(Nc3cc(N4CCCCC4)ncn3)CC2)cc1. The molecule has 2 aliphatic rings. The van der Waals surface area contributed by atoms with E-state index in [9.17, 15) is 4.39 Å². The van der Waals surface area contributed by atoms with Gasteiger partial charge in [-0.25, -0.2) is 14.4 Å². The molecule has 2 saturated heterocycles. The molecule has 6 heteroatoms. The number of likely N-dealkylation sites (tertiary alicyclic amines) is 1. The largest absolute Gasteiger partial charge is 0.367 e. The summed E-state index contributed by atoms with van der Waals surface area (Å²) >= 11 is 0. The zero-order valence-corrected chi connectivity index (χ0v) is 15.8. The minimum atomic E-state index is -0.171. The van der Waals surface area contributed by atoms with Gasteiger partial charge in [-0.15, -0.1) is 0 Å². The number of rotatable bonds is 5. The molecular weight excluding hydrogens is 341 g/mol. The predicted octanol–water partition coefficient (Wildman–Crippen LogP) is 3.68. The average Bonchev–Trinajstić information content (AvgIpc) is 2.72. The Morgan fingerprint density at radius 1 is 0.963 bits per heavy atom. The van der Waals surface area contributed by atoms with Gasteiger partial charge in [0.05, 0.1) is 0 Å². The molecule has 27 heavy (non-hydrogen) atoms. The predicted molar refractivity (Wildman–Crippen MR) is 106 cm³/mol. The fourth-order valence-corrected chi connectivity index (χ4v) is 4.01. The van der Waals surface area contributed by atoms with E-state index < -0.39 is 0 Å². The van der Waals surface area contributed by atoms with Gasteiger partial charge in [-0.2, -0.15) is 0 Å². The van der Waals surface area contributed by atoms with Crippen LogP contribution in [0.5, 0.6) is 0 Å². The van der Waals surface area contributed by atoms with Gasteiger partial charge in [0, 0.05) is 44.8 Å². The molecule has 2 fully saturated rings. The van der Waals surface area contributed by atoms with Gasteiger partial charge in [0.25, 0.3) is 0 Å². The standard InChI is InChI=1S/C21H28FN5/c22-18-6-4-17(5-7-18)15-26-12-8-19(9-13-26)25-20-14-21(24-16-23-20)27-10-2-1-3-11-27/h4-7,14,16,19H,1-3,8-13,15H2,(H,23,24,25). The van der Waals surface area contributed by atoms with E-state index >= 15 is 0 Å². The maximum atomic E-state index is 13.0. The first kappa shape index (κ1) is 18.2. The lowest BCUT2D eigenvalue weighted by molar-refractivity contribution is 0.211. The fourth-order valence-electron chi connectivity index (χ4n) is 4.01. The summed E-state index contributed by atoms with van der Waals surface area (Å²) in [6.07, 6.45) is 7.67. The third kappa shape index (κ3) is 4.95. The van der Waals surface area contributed by atoms with E-state index in [4.69, 9.17) is 0 Å². The summed E-state index contributed by atoms with van der Waals surface area (Å²) < 4.78 is 13.0. The molecule has 1 aromatic carbocycles. The second-order valence-corrected chi connectivity index (χ2v) is 7.63. The van der Waals surface area contributed by atoms with Crippen LogP contribution in [-0.4, -0.2) is 47.1 Å². The molecule has 2 aromatic rings. The van der Waals surface area contributed by atoms with Crippen LogP contribution in [-0.2, 0) is 6.54 Å². The van der Waals surface area contributed by atoms with Gasteiger partial charge in [-0.05, 0) is 49.8 Å². The molecule has 1 N–H and O–H groups in total. The molecule has 144 valence electrons. The number of piperidine rings is 2. The lowest BCUT2D eigenvalue weighted by Crippen LogP contribution is -2.38. The highest BCUT2D eigenvalue weighted by molar-refractivity contribution is 5.49. The van der Waals surface area contributed by atoms with Crippen molar-refractivity contribution in [2.24, 2.45) is 0 Å². The molecule has 5 nitrogen and oxygen atoms in total. The monoisotopic (exact) mass is 369 g/mol. The maximum Gasteiger partial charge on any atom is 0.134 e. The Bertz CT molecular complexity index is 722. The molecule has 2 aliphatic heterocycles. The molecule has 0 atom stereocenters. The van der Waals surface area contributed by atoms with Gasteiger partial charge >= 0.3 is 0 Å². The first-order valence-electron chi connectivity index (χ1n) is 10.1. The lowest BCUT2D eigenvalue weighted by atomic mass is 10.0. The van der Waals surface area contributed by atoms with E-state index in [1.54, 1.807) is 18.5 Å². The second kappa shape index (κ2) is 8.65. The molecular formula is C21H28FN5. The van der Waals surface area contributed by atoms with E-state index in [0.717, 1.165) is 57.2 Å². The fraction of sp³-hybridized carbons (Fsp3) is 0.524. The molecule has 1 aromatic heterocycles. The molecule has 0 aliphatic carbocycles. The minimum absolute atomic E-state index is 0.171. The van der Waals surface area contributed by atoms with Gasteiger partial charge in [-0.1, -0.05) is 12.1 Å². The van der Waals surface area contributed by atoms with Gasteiger partial charge in [0.15, 0.2) is 0 Å². The number of hydrogen-bond acceptors (Lipinski definition) is 5. The highest BCUT2D eigenvalue weighted by Crippen LogP contribution is 2.21. The zero-order valence-electron chi connectivity index (χ0n) is 15.8.